The number of aromatic amines is 1. The maximum absolute atomic E-state index is 5.95. The summed E-state index contributed by atoms with van der Waals surface area (Å²) in [7, 11) is 0. The highest BCUT2D eigenvalue weighted by atomic mass is 16.5. The molecule has 0 bridgehead atoms. The van der Waals surface area contributed by atoms with Gasteiger partial charge in [0.25, 0.3) is 0 Å². The molecule has 2 aliphatic rings. The molecule has 0 aliphatic carbocycles. The minimum atomic E-state index is 0.580. The van der Waals surface area contributed by atoms with Crippen LogP contribution in [-0.4, -0.2) is 53.7 Å². The number of ether oxygens (including phenoxy) is 1. The second kappa shape index (κ2) is 7.61. The van der Waals surface area contributed by atoms with Gasteiger partial charge in [0.1, 0.15) is 11.3 Å². The number of rotatable bonds is 6. The van der Waals surface area contributed by atoms with Gasteiger partial charge < -0.3 is 19.0 Å². The van der Waals surface area contributed by atoms with Crippen molar-refractivity contribution in [1.82, 2.24) is 14.9 Å². The van der Waals surface area contributed by atoms with Crippen molar-refractivity contribution in [3.05, 3.63) is 54.0 Å². The van der Waals surface area contributed by atoms with Gasteiger partial charge in [-0.2, -0.15) is 0 Å². The predicted octanol–water partition coefficient (Wildman–Crippen LogP) is 4.52. The molecule has 0 radical (unpaired) electrons. The Morgan fingerprint density at radius 3 is 3.13 bits per heavy atom. The Kier molecular flexibility index (Phi) is 4.60. The third kappa shape index (κ3) is 3.45. The monoisotopic (exact) mass is 416 g/mol. The highest BCUT2D eigenvalue weighted by Gasteiger charge is 2.32. The molecule has 2 aliphatic heterocycles. The third-order valence-electron chi connectivity index (χ3n) is 6.70. The van der Waals surface area contributed by atoms with Crippen LogP contribution < -0.4 is 9.64 Å². The molecule has 0 spiro atoms. The summed E-state index contributed by atoms with van der Waals surface area (Å²) in [5.74, 6) is 1.56. The zero-order valence-corrected chi connectivity index (χ0v) is 17.9. The molecule has 1 fully saturated rings. The lowest BCUT2D eigenvalue weighted by Gasteiger charge is -2.45. The first kappa shape index (κ1) is 18.8. The SMILES string of the molecule is Cc1nc2cc(OCCCCN3CCN4c5cccc6[nH]cc(c56)CC4C3)ccc2o1. The minimum Gasteiger partial charge on any atom is -0.494 e. The van der Waals surface area contributed by atoms with Gasteiger partial charge in [-0.25, -0.2) is 4.98 Å². The van der Waals surface area contributed by atoms with E-state index in [2.05, 4.69) is 44.2 Å². The summed E-state index contributed by atoms with van der Waals surface area (Å²) < 4.78 is 11.5. The van der Waals surface area contributed by atoms with Crippen LogP contribution in [-0.2, 0) is 6.42 Å². The molecule has 4 heterocycles. The smallest absolute Gasteiger partial charge is 0.192 e. The molecule has 31 heavy (non-hydrogen) atoms. The van der Waals surface area contributed by atoms with E-state index in [0.717, 1.165) is 68.9 Å². The Morgan fingerprint density at radius 1 is 1.19 bits per heavy atom. The number of anilines is 1. The van der Waals surface area contributed by atoms with Crippen LogP contribution >= 0.6 is 0 Å². The van der Waals surface area contributed by atoms with Crippen LogP contribution in [0.5, 0.6) is 5.75 Å². The van der Waals surface area contributed by atoms with Crippen LogP contribution in [0.4, 0.5) is 5.69 Å². The van der Waals surface area contributed by atoms with E-state index in [4.69, 9.17) is 9.15 Å². The maximum atomic E-state index is 5.95. The van der Waals surface area contributed by atoms with E-state index >= 15 is 0 Å². The van der Waals surface area contributed by atoms with Crippen LogP contribution in [0.25, 0.3) is 22.0 Å². The van der Waals surface area contributed by atoms with E-state index < -0.39 is 0 Å². The first-order valence-corrected chi connectivity index (χ1v) is 11.3. The standard InChI is InChI=1S/C25H28N4O2/c1-17-27-22-14-20(7-8-24(22)31-17)30-12-3-2-9-28-10-11-29-19(16-28)13-18-15-26-21-5-4-6-23(29)25(18)21/h4-8,14-15,19,26H,2-3,9-13,16H2,1H3. The number of fused-ring (bicyclic) bond motifs is 3. The van der Waals surface area contributed by atoms with E-state index in [1.807, 2.05) is 25.1 Å². The lowest BCUT2D eigenvalue weighted by Crippen LogP contribution is -2.55. The van der Waals surface area contributed by atoms with Gasteiger partial charge in [-0.05, 0) is 55.6 Å². The molecule has 1 unspecified atom stereocenters. The molecule has 1 atom stereocenters. The zero-order valence-electron chi connectivity index (χ0n) is 17.9. The number of hydrogen-bond acceptors (Lipinski definition) is 5. The number of benzene rings is 2. The fourth-order valence-corrected chi connectivity index (χ4v) is 5.24. The van der Waals surface area contributed by atoms with Crippen LogP contribution in [0.3, 0.4) is 0 Å². The van der Waals surface area contributed by atoms with Crippen LogP contribution in [0, 0.1) is 6.92 Å². The van der Waals surface area contributed by atoms with E-state index in [9.17, 15) is 0 Å². The van der Waals surface area contributed by atoms with E-state index in [1.165, 1.54) is 22.2 Å². The number of aromatic nitrogens is 2. The number of hydrogen-bond donors (Lipinski definition) is 1. The highest BCUT2D eigenvalue weighted by Crippen LogP contribution is 2.37. The predicted molar refractivity (Wildman–Crippen MR) is 123 cm³/mol. The second-order valence-corrected chi connectivity index (χ2v) is 8.78. The van der Waals surface area contributed by atoms with Crippen molar-refractivity contribution in [1.29, 1.82) is 0 Å². The van der Waals surface area contributed by atoms with Crippen LogP contribution in [0.15, 0.2) is 47.0 Å². The molecule has 2 aromatic carbocycles. The molecule has 6 rings (SSSR count). The van der Waals surface area contributed by atoms with Gasteiger partial charge in [-0.15, -0.1) is 0 Å². The van der Waals surface area contributed by atoms with Crippen molar-refractivity contribution in [3.8, 4) is 5.75 Å². The molecule has 6 nitrogen and oxygen atoms in total. The largest absolute Gasteiger partial charge is 0.494 e. The van der Waals surface area contributed by atoms with Gasteiger partial charge in [-0.1, -0.05) is 6.07 Å². The first-order chi connectivity index (χ1) is 15.2. The molecule has 160 valence electrons. The summed E-state index contributed by atoms with van der Waals surface area (Å²) in [6.07, 6.45) is 5.56. The van der Waals surface area contributed by atoms with Gasteiger partial charge in [0, 0.05) is 61.5 Å². The van der Waals surface area contributed by atoms with E-state index in [1.54, 1.807) is 0 Å². The quantitative estimate of drug-likeness (QED) is 0.468. The molecule has 0 saturated carbocycles. The Labute approximate surface area is 181 Å². The fourth-order valence-electron chi connectivity index (χ4n) is 5.24. The van der Waals surface area contributed by atoms with Crippen molar-refractivity contribution < 1.29 is 9.15 Å². The topological polar surface area (TPSA) is 57.5 Å². The number of nitrogens with one attached hydrogen (secondary N) is 1. The van der Waals surface area contributed by atoms with Gasteiger partial charge in [0.2, 0.25) is 0 Å². The second-order valence-electron chi connectivity index (χ2n) is 8.78. The number of aryl methyl sites for hydroxylation is 1. The lowest BCUT2D eigenvalue weighted by atomic mass is 9.94. The fraction of sp³-hybridized carbons (Fsp3) is 0.400. The van der Waals surface area contributed by atoms with Gasteiger partial charge in [0.05, 0.1) is 6.61 Å². The number of unbranched alkanes of at least 4 members (excludes halogenated alkanes) is 1. The summed E-state index contributed by atoms with van der Waals surface area (Å²) in [5, 5.41) is 1.43. The third-order valence-corrected chi connectivity index (χ3v) is 6.70. The van der Waals surface area contributed by atoms with E-state index in [0.29, 0.717) is 11.9 Å². The van der Waals surface area contributed by atoms with Crippen LogP contribution in [0.2, 0.25) is 0 Å². The number of nitrogens with zero attached hydrogens (tertiary/aromatic N) is 3. The molecule has 2 aromatic heterocycles. The molecular formula is C25H28N4O2. The summed E-state index contributed by atoms with van der Waals surface area (Å²) >= 11 is 0. The van der Waals surface area contributed by atoms with Gasteiger partial charge in [0.15, 0.2) is 11.5 Å². The summed E-state index contributed by atoms with van der Waals surface area (Å²) in [6.45, 7) is 7.13. The molecule has 0 amide bonds. The van der Waals surface area contributed by atoms with Gasteiger partial charge in [-0.3, -0.25) is 4.90 Å². The Balaban J connectivity index is 0.999. The van der Waals surface area contributed by atoms with E-state index in [-0.39, 0.29) is 0 Å². The van der Waals surface area contributed by atoms with Crippen molar-refractivity contribution in [3.63, 3.8) is 0 Å². The van der Waals surface area contributed by atoms with Gasteiger partial charge >= 0.3 is 0 Å². The van der Waals surface area contributed by atoms with Crippen molar-refractivity contribution in [2.24, 2.45) is 0 Å². The lowest BCUT2D eigenvalue weighted by molar-refractivity contribution is 0.209. The zero-order chi connectivity index (χ0) is 20.8. The Morgan fingerprint density at radius 2 is 2.16 bits per heavy atom. The van der Waals surface area contributed by atoms with Crippen molar-refractivity contribution >= 4 is 27.7 Å². The molecule has 1 saturated heterocycles. The molecule has 1 N–H and O–H groups in total. The Bertz CT molecular complexity index is 1230. The van der Waals surface area contributed by atoms with Crippen molar-refractivity contribution in [2.45, 2.75) is 32.2 Å². The summed E-state index contributed by atoms with van der Waals surface area (Å²) in [6, 6.07) is 13.1. The Hall–Kier alpha value is -2.99. The van der Waals surface area contributed by atoms with Crippen molar-refractivity contribution in [2.75, 3.05) is 37.7 Å². The number of oxazole rings is 1. The summed E-state index contributed by atoms with van der Waals surface area (Å²) in [5.41, 5.74) is 5.83. The normalized spacial score (nSPS) is 18.6. The number of H-pyrrole nitrogens is 1. The summed E-state index contributed by atoms with van der Waals surface area (Å²) in [4.78, 5) is 13.1. The molecule has 4 aromatic rings. The number of piperazine rings is 1. The van der Waals surface area contributed by atoms with Crippen LogP contribution in [0.1, 0.15) is 24.3 Å². The molecular weight excluding hydrogens is 388 g/mol. The minimum absolute atomic E-state index is 0.580. The average Bonchev–Trinajstić information content (AvgIpc) is 3.36. The maximum Gasteiger partial charge on any atom is 0.192 e. The highest BCUT2D eigenvalue weighted by molar-refractivity contribution is 5.97. The average molecular weight is 417 g/mol. The first-order valence-electron chi connectivity index (χ1n) is 11.3. The molecule has 6 heteroatoms.